The van der Waals surface area contributed by atoms with Crippen LogP contribution in [0.1, 0.15) is 34.1 Å². The maximum atomic E-state index is 12.3. The largest absolute Gasteiger partial charge is 0.490 e. The third-order valence-electron chi connectivity index (χ3n) is 5.05. The molecule has 1 aromatic carbocycles. The lowest BCUT2D eigenvalue weighted by atomic mass is 10.1. The second-order valence-electron chi connectivity index (χ2n) is 7.94. The average molecular weight is 373 g/mol. The Hall–Kier alpha value is -2.50. The van der Waals surface area contributed by atoms with Gasteiger partial charge in [-0.2, -0.15) is 0 Å². The van der Waals surface area contributed by atoms with Crippen LogP contribution in [-0.4, -0.2) is 31.7 Å². The van der Waals surface area contributed by atoms with E-state index in [2.05, 4.69) is 11.4 Å². The zero-order chi connectivity index (χ0) is 19.6. The van der Waals surface area contributed by atoms with Gasteiger partial charge in [-0.25, -0.2) is 0 Å². The summed E-state index contributed by atoms with van der Waals surface area (Å²) in [5, 5.41) is 2.73. The highest BCUT2D eigenvalue weighted by atomic mass is 16.5. The van der Waals surface area contributed by atoms with E-state index in [4.69, 9.17) is 14.2 Å². The standard InChI is InChI=1S/C21H27NO5/c1-13(2)10-15-19(21(15,3)4)20(24)27-12-18(23)22-14-6-7-16-17(11-14)26-9-5-8-25-16/h6-7,10-11,15,19H,5,8-9,12H2,1-4H3,(H,22,23)/t15-,19+/m0/s1. The summed E-state index contributed by atoms with van der Waals surface area (Å²) in [6, 6.07) is 5.22. The third-order valence-corrected chi connectivity index (χ3v) is 5.05. The van der Waals surface area contributed by atoms with Crippen molar-refractivity contribution in [3.63, 3.8) is 0 Å². The minimum atomic E-state index is -0.380. The Morgan fingerprint density at radius 2 is 1.93 bits per heavy atom. The van der Waals surface area contributed by atoms with Crippen LogP contribution in [0.15, 0.2) is 29.8 Å². The molecule has 2 aliphatic rings. The van der Waals surface area contributed by atoms with Crippen LogP contribution in [0.25, 0.3) is 0 Å². The molecular weight excluding hydrogens is 346 g/mol. The first-order chi connectivity index (χ1) is 12.8. The summed E-state index contributed by atoms with van der Waals surface area (Å²) in [5.74, 6) is 0.536. The molecule has 0 aromatic heterocycles. The van der Waals surface area contributed by atoms with Gasteiger partial charge in [0.1, 0.15) is 0 Å². The van der Waals surface area contributed by atoms with Crippen LogP contribution in [-0.2, 0) is 14.3 Å². The summed E-state index contributed by atoms with van der Waals surface area (Å²) in [6.07, 6.45) is 2.92. The van der Waals surface area contributed by atoms with E-state index < -0.39 is 0 Å². The smallest absolute Gasteiger partial charge is 0.310 e. The number of ether oxygens (including phenoxy) is 3. The lowest BCUT2D eigenvalue weighted by molar-refractivity contribution is -0.149. The van der Waals surface area contributed by atoms with Gasteiger partial charge in [0.25, 0.3) is 5.91 Å². The molecule has 0 radical (unpaired) electrons. The van der Waals surface area contributed by atoms with Gasteiger partial charge in [0.2, 0.25) is 0 Å². The van der Waals surface area contributed by atoms with E-state index in [1.165, 1.54) is 5.57 Å². The summed E-state index contributed by atoms with van der Waals surface area (Å²) < 4.78 is 16.4. The van der Waals surface area contributed by atoms with Crippen LogP contribution >= 0.6 is 0 Å². The van der Waals surface area contributed by atoms with Gasteiger partial charge in [-0.15, -0.1) is 0 Å². The van der Waals surface area contributed by atoms with Crippen molar-refractivity contribution >= 4 is 17.6 Å². The number of allylic oxidation sites excluding steroid dienone is 2. The molecule has 2 atom stereocenters. The molecule has 1 aromatic rings. The topological polar surface area (TPSA) is 73.9 Å². The first-order valence-corrected chi connectivity index (χ1v) is 9.30. The van der Waals surface area contributed by atoms with Gasteiger partial charge in [0.15, 0.2) is 18.1 Å². The van der Waals surface area contributed by atoms with Crippen LogP contribution in [0.5, 0.6) is 11.5 Å². The Morgan fingerprint density at radius 3 is 2.63 bits per heavy atom. The highest BCUT2D eigenvalue weighted by Crippen LogP contribution is 2.59. The SMILES string of the molecule is CC(C)=C[C@H]1[C@H](C(=O)OCC(=O)Nc2ccc3c(c2)OCCCO3)C1(C)C. The first-order valence-electron chi connectivity index (χ1n) is 9.30. The number of carbonyl (C=O) groups is 2. The predicted molar refractivity (Wildman–Crippen MR) is 102 cm³/mol. The normalized spacial score (nSPS) is 22.2. The summed E-state index contributed by atoms with van der Waals surface area (Å²) in [7, 11) is 0. The molecule has 1 aliphatic heterocycles. The molecule has 1 aliphatic carbocycles. The van der Waals surface area contributed by atoms with Gasteiger partial charge >= 0.3 is 5.97 Å². The summed E-state index contributed by atoms with van der Waals surface area (Å²) >= 11 is 0. The lowest BCUT2D eigenvalue weighted by Gasteiger charge is -2.11. The van der Waals surface area contributed by atoms with Crippen molar-refractivity contribution in [3.05, 3.63) is 29.8 Å². The third kappa shape index (κ3) is 4.43. The predicted octanol–water partition coefficient (Wildman–Crippen LogP) is 3.57. The van der Waals surface area contributed by atoms with Crippen LogP contribution < -0.4 is 14.8 Å². The number of fused-ring (bicyclic) bond motifs is 1. The van der Waals surface area contributed by atoms with Gasteiger partial charge in [-0.05, 0) is 37.3 Å². The average Bonchev–Trinajstić information content (AvgIpc) is 3.22. The van der Waals surface area contributed by atoms with E-state index in [1.54, 1.807) is 18.2 Å². The summed E-state index contributed by atoms with van der Waals surface area (Å²) in [6.45, 7) is 8.99. The summed E-state index contributed by atoms with van der Waals surface area (Å²) in [5.41, 5.74) is 1.63. The number of hydrogen-bond acceptors (Lipinski definition) is 5. The lowest BCUT2D eigenvalue weighted by Crippen LogP contribution is -2.22. The Labute approximate surface area is 159 Å². The number of rotatable bonds is 5. The van der Waals surface area contributed by atoms with Gasteiger partial charge in [-0.3, -0.25) is 9.59 Å². The fraction of sp³-hybridized carbons (Fsp3) is 0.524. The molecule has 1 N–H and O–H groups in total. The molecule has 3 rings (SSSR count). The molecule has 0 spiro atoms. The van der Waals surface area contributed by atoms with Crippen molar-refractivity contribution in [1.82, 2.24) is 0 Å². The summed E-state index contributed by atoms with van der Waals surface area (Å²) in [4.78, 5) is 24.5. The van der Waals surface area contributed by atoms with Crippen molar-refractivity contribution in [3.8, 4) is 11.5 Å². The molecular formula is C21H27NO5. The molecule has 27 heavy (non-hydrogen) atoms. The van der Waals surface area contributed by atoms with Crippen molar-refractivity contribution in [1.29, 1.82) is 0 Å². The molecule has 146 valence electrons. The molecule has 0 bridgehead atoms. The first kappa shape index (κ1) is 19.3. The fourth-order valence-electron chi connectivity index (χ4n) is 3.46. The van der Waals surface area contributed by atoms with Crippen LogP contribution in [0.3, 0.4) is 0 Å². The van der Waals surface area contributed by atoms with Gasteiger partial charge in [0, 0.05) is 18.2 Å². The maximum Gasteiger partial charge on any atom is 0.310 e. The molecule has 6 nitrogen and oxygen atoms in total. The van der Waals surface area contributed by atoms with Gasteiger partial charge in [-0.1, -0.05) is 25.5 Å². The van der Waals surface area contributed by atoms with Crippen molar-refractivity contribution in [2.75, 3.05) is 25.1 Å². The Morgan fingerprint density at radius 1 is 1.22 bits per heavy atom. The van der Waals surface area contributed by atoms with Crippen molar-refractivity contribution in [2.45, 2.75) is 34.1 Å². The van der Waals surface area contributed by atoms with Crippen molar-refractivity contribution in [2.24, 2.45) is 17.3 Å². The molecule has 6 heteroatoms. The molecule has 1 saturated carbocycles. The molecule has 1 fully saturated rings. The zero-order valence-corrected chi connectivity index (χ0v) is 16.3. The molecule has 1 heterocycles. The Kier molecular flexibility index (Phi) is 5.44. The minimum absolute atomic E-state index is 0.126. The number of esters is 1. The molecule has 0 saturated heterocycles. The molecule has 0 unspecified atom stereocenters. The Bertz CT molecular complexity index is 764. The highest BCUT2D eigenvalue weighted by Gasteiger charge is 2.61. The monoisotopic (exact) mass is 373 g/mol. The highest BCUT2D eigenvalue weighted by molar-refractivity contribution is 5.93. The fourth-order valence-corrected chi connectivity index (χ4v) is 3.46. The van der Waals surface area contributed by atoms with Crippen LogP contribution in [0, 0.1) is 17.3 Å². The number of amides is 1. The van der Waals surface area contributed by atoms with E-state index in [-0.39, 0.29) is 35.7 Å². The maximum absolute atomic E-state index is 12.3. The van der Waals surface area contributed by atoms with E-state index in [0.29, 0.717) is 30.4 Å². The number of carbonyl (C=O) groups excluding carboxylic acids is 2. The second-order valence-corrected chi connectivity index (χ2v) is 7.94. The van der Waals surface area contributed by atoms with Crippen LogP contribution in [0.4, 0.5) is 5.69 Å². The Balaban J connectivity index is 1.52. The zero-order valence-electron chi connectivity index (χ0n) is 16.3. The number of hydrogen-bond donors (Lipinski definition) is 1. The number of anilines is 1. The molecule has 1 amide bonds. The van der Waals surface area contributed by atoms with Gasteiger partial charge in [0.05, 0.1) is 19.1 Å². The second kappa shape index (κ2) is 7.62. The number of benzene rings is 1. The van der Waals surface area contributed by atoms with Crippen LogP contribution in [0.2, 0.25) is 0 Å². The van der Waals surface area contributed by atoms with Gasteiger partial charge < -0.3 is 19.5 Å². The van der Waals surface area contributed by atoms with E-state index in [1.807, 2.05) is 27.7 Å². The van der Waals surface area contributed by atoms with E-state index in [0.717, 1.165) is 6.42 Å². The minimum Gasteiger partial charge on any atom is -0.490 e. The van der Waals surface area contributed by atoms with Crippen molar-refractivity contribution < 1.29 is 23.8 Å². The van der Waals surface area contributed by atoms with E-state index in [9.17, 15) is 9.59 Å². The quantitative estimate of drug-likeness (QED) is 0.631. The van der Waals surface area contributed by atoms with E-state index >= 15 is 0 Å². The number of nitrogens with one attached hydrogen (secondary N) is 1.